The number of piperidine rings is 1. The van der Waals surface area contributed by atoms with Crippen LogP contribution in [0.15, 0.2) is 16.7 Å². The van der Waals surface area contributed by atoms with E-state index in [1.165, 1.54) is 0 Å². The highest BCUT2D eigenvalue weighted by molar-refractivity contribution is 5.95. The second-order valence-electron chi connectivity index (χ2n) is 5.94. The summed E-state index contributed by atoms with van der Waals surface area (Å²) in [6, 6.07) is 1.97. The first-order valence-electron chi connectivity index (χ1n) is 8.03. The third-order valence-electron chi connectivity index (χ3n) is 4.40. The lowest BCUT2D eigenvalue weighted by Crippen LogP contribution is -2.45. The second kappa shape index (κ2) is 7.26. The Morgan fingerprint density at radius 3 is 2.68 bits per heavy atom. The molecule has 3 rings (SSSR count). The van der Waals surface area contributed by atoms with Crippen LogP contribution in [0.3, 0.4) is 0 Å². The summed E-state index contributed by atoms with van der Waals surface area (Å²) in [4.78, 5) is 14.6. The first-order valence-corrected chi connectivity index (χ1v) is 8.03. The van der Waals surface area contributed by atoms with E-state index < -0.39 is 0 Å². The molecule has 6 nitrogen and oxygen atoms in total. The predicted octanol–water partition coefficient (Wildman–Crippen LogP) is 1.55. The molecule has 22 heavy (non-hydrogen) atoms. The van der Waals surface area contributed by atoms with Gasteiger partial charge in [-0.1, -0.05) is 0 Å². The van der Waals surface area contributed by atoms with E-state index in [0.29, 0.717) is 24.5 Å². The number of ether oxygens (including phenoxy) is 2. The van der Waals surface area contributed by atoms with Crippen molar-refractivity contribution in [3.8, 4) is 0 Å². The van der Waals surface area contributed by atoms with E-state index in [0.717, 1.165) is 38.9 Å². The molecule has 0 aliphatic carbocycles. The first-order chi connectivity index (χ1) is 10.7. The summed E-state index contributed by atoms with van der Waals surface area (Å²) in [5.41, 5.74) is 0.637. The summed E-state index contributed by atoms with van der Waals surface area (Å²) < 4.78 is 16.1. The van der Waals surface area contributed by atoms with Crippen LogP contribution < -0.4 is 5.32 Å². The molecule has 6 heteroatoms. The molecule has 1 amide bonds. The van der Waals surface area contributed by atoms with Gasteiger partial charge in [-0.25, -0.2) is 0 Å². The van der Waals surface area contributed by atoms with Crippen molar-refractivity contribution in [3.63, 3.8) is 0 Å². The zero-order chi connectivity index (χ0) is 15.4. The van der Waals surface area contributed by atoms with E-state index in [1.807, 2.05) is 6.92 Å². The third kappa shape index (κ3) is 3.88. The smallest absolute Gasteiger partial charge is 0.255 e. The molecule has 2 fully saturated rings. The summed E-state index contributed by atoms with van der Waals surface area (Å²) in [5, 5.41) is 3.10. The number of rotatable bonds is 5. The minimum Gasteiger partial charge on any atom is -0.469 e. The lowest BCUT2D eigenvalue weighted by atomic mass is 10.0. The summed E-state index contributed by atoms with van der Waals surface area (Å²) >= 11 is 0. The number of hydrogen-bond acceptors (Lipinski definition) is 5. The molecule has 2 aliphatic heterocycles. The Bertz CT molecular complexity index is 488. The van der Waals surface area contributed by atoms with Gasteiger partial charge in [0, 0.05) is 32.1 Å². The van der Waals surface area contributed by atoms with Crippen molar-refractivity contribution in [3.05, 3.63) is 23.7 Å². The Labute approximate surface area is 130 Å². The summed E-state index contributed by atoms with van der Waals surface area (Å²) in [7, 11) is 0. The molecule has 0 bridgehead atoms. The van der Waals surface area contributed by atoms with E-state index in [-0.39, 0.29) is 18.2 Å². The number of hydrogen-bond donors (Lipinski definition) is 1. The number of nitrogens with zero attached hydrogens (tertiary/aromatic N) is 1. The Morgan fingerprint density at radius 1 is 1.32 bits per heavy atom. The number of nitrogens with one attached hydrogen (secondary N) is 1. The first kappa shape index (κ1) is 15.5. The van der Waals surface area contributed by atoms with Crippen molar-refractivity contribution in [2.45, 2.75) is 38.5 Å². The highest BCUT2D eigenvalue weighted by Gasteiger charge is 2.23. The van der Waals surface area contributed by atoms with Gasteiger partial charge in [-0.3, -0.25) is 4.79 Å². The zero-order valence-corrected chi connectivity index (χ0v) is 13.0. The predicted molar refractivity (Wildman–Crippen MR) is 80.7 cm³/mol. The van der Waals surface area contributed by atoms with Gasteiger partial charge >= 0.3 is 0 Å². The average molecular weight is 308 g/mol. The van der Waals surface area contributed by atoms with Crippen LogP contribution in [0.4, 0.5) is 0 Å². The molecule has 0 radical (unpaired) electrons. The highest BCUT2D eigenvalue weighted by Crippen LogP contribution is 2.15. The molecule has 122 valence electrons. The second-order valence-corrected chi connectivity index (χ2v) is 5.94. The van der Waals surface area contributed by atoms with E-state index in [9.17, 15) is 4.79 Å². The van der Waals surface area contributed by atoms with Crippen LogP contribution >= 0.6 is 0 Å². The van der Waals surface area contributed by atoms with Crippen LogP contribution in [-0.4, -0.2) is 56.0 Å². The van der Waals surface area contributed by atoms with Crippen LogP contribution in [-0.2, 0) is 9.47 Å². The minimum atomic E-state index is -0.0301. The van der Waals surface area contributed by atoms with Gasteiger partial charge in [-0.2, -0.15) is 0 Å². The third-order valence-corrected chi connectivity index (χ3v) is 4.40. The fourth-order valence-electron chi connectivity index (χ4n) is 3.05. The lowest BCUT2D eigenvalue weighted by molar-refractivity contribution is -0.0524. The van der Waals surface area contributed by atoms with Crippen molar-refractivity contribution in [1.29, 1.82) is 0 Å². The van der Waals surface area contributed by atoms with E-state index >= 15 is 0 Å². The Balaban J connectivity index is 1.38. The summed E-state index contributed by atoms with van der Waals surface area (Å²) in [5.74, 6) is 0.643. The molecule has 2 saturated heterocycles. The van der Waals surface area contributed by atoms with Gasteiger partial charge in [-0.15, -0.1) is 0 Å². The van der Waals surface area contributed by atoms with Gasteiger partial charge in [0.15, 0.2) is 6.29 Å². The average Bonchev–Trinajstić information content (AvgIpc) is 3.18. The monoisotopic (exact) mass is 308 g/mol. The molecule has 0 saturated carbocycles. The van der Waals surface area contributed by atoms with Crippen molar-refractivity contribution in [1.82, 2.24) is 10.2 Å². The Kier molecular flexibility index (Phi) is 5.12. The molecular formula is C16H24N2O4. The number of furan rings is 1. The van der Waals surface area contributed by atoms with E-state index in [1.54, 1.807) is 12.3 Å². The molecule has 0 atom stereocenters. The van der Waals surface area contributed by atoms with Crippen LogP contribution in [0.1, 0.15) is 35.4 Å². The van der Waals surface area contributed by atoms with Crippen molar-refractivity contribution in [2.24, 2.45) is 0 Å². The number of amides is 1. The number of aryl methyl sites for hydroxylation is 1. The summed E-state index contributed by atoms with van der Waals surface area (Å²) in [6.07, 6.45) is 4.41. The van der Waals surface area contributed by atoms with Gasteiger partial charge in [0.2, 0.25) is 0 Å². The fourth-order valence-corrected chi connectivity index (χ4v) is 3.05. The molecule has 1 aromatic heterocycles. The maximum atomic E-state index is 12.2. The van der Waals surface area contributed by atoms with Gasteiger partial charge in [-0.05, 0) is 25.8 Å². The molecule has 3 heterocycles. The molecule has 1 N–H and O–H groups in total. The van der Waals surface area contributed by atoms with Crippen LogP contribution in [0.5, 0.6) is 0 Å². The minimum absolute atomic E-state index is 0.0264. The molecular weight excluding hydrogens is 284 g/mol. The highest BCUT2D eigenvalue weighted by atomic mass is 16.7. The summed E-state index contributed by atoms with van der Waals surface area (Å²) in [6.45, 7) is 6.24. The molecule has 2 aliphatic rings. The van der Waals surface area contributed by atoms with Crippen molar-refractivity contribution >= 4 is 5.91 Å². The van der Waals surface area contributed by atoms with E-state index in [2.05, 4.69) is 10.2 Å². The van der Waals surface area contributed by atoms with Crippen molar-refractivity contribution < 1.29 is 18.7 Å². The molecule has 0 aromatic carbocycles. The zero-order valence-electron chi connectivity index (χ0n) is 13.0. The Morgan fingerprint density at radius 2 is 2.05 bits per heavy atom. The largest absolute Gasteiger partial charge is 0.469 e. The number of carbonyl (C=O) groups excluding carboxylic acids is 1. The van der Waals surface area contributed by atoms with Gasteiger partial charge in [0.25, 0.3) is 5.91 Å². The lowest BCUT2D eigenvalue weighted by Gasteiger charge is -2.32. The maximum Gasteiger partial charge on any atom is 0.255 e. The van der Waals surface area contributed by atoms with Gasteiger partial charge in [0.05, 0.1) is 25.0 Å². The molecule has 1 aromatic rings. The van der Waals surface area contributed by atoms with Gasteiger partial charge < -0.3 is 24.1 Å². The molecule has 0 spiro atoms. The van der Waals surface area contributed by atoms with Crippen LogP contribution in [0.25, 0.3) is 0 Å². The SMILES string of the molecule is Cc1occc1C(=O)NC1CCN(CCC2OCCO2)CC1. The standard InChI is InChI=1S/C16H24N2O4/c1-12-14(5-9-20-12)16(19)17-13-2-6-18(7-3-13)8-4-15-21-10-11-22-15/h5,9,13,15H,2-4,6-8,10-11H2,1H3,(H,17,19). The number of likely N-dealkylation sites (tertiary alicyclic amines) is 1. The molecule has 0 unspecified atom stereocenters. The normalized spacial score (nSPS) is 21.3. The fraction of sp³-hybridized carbons (Fsp3) is 0.688. The quantitative estimate of drug-likeness (QED) is 0.894. The van der Waals surface area contributed by atoms with E-state index in [4.69, 9.17) is 13.9 Å². The van der Waals surface area contributed by atoms with Crippen LogP contribution in [0.2, 0.25) is 0 Å². The number of carbonyl (C=O) groups is 1. The van der Waals surface area contributed by atoms with Crippen molar-refractivity contribution in [2.75, 3.05) is 32.8 Å². The van der Waals surface area contributed by atoms with Crippen LogP contribution in [0, 0.1) is 6.92 Å². The topological polar surface area (TPSA) is 63.9 Å². The maximum absolute atomic E-state index is 12.2. The van der Waals surface area contributed by atoms with Gasteiger partial charge in [0.1, 0.15) is 5.76 Å². The Hall–Kier alpha value is -1.37.